The molecule has 0 spiro atoms. The second-order valence-electron chi connectivity index (χ2n) is 8.32. The van der Waals surface area contributed by atoms with Crippen molar-refractivity contribution in [1.82, 2.24) is 0 Å². The Kier molecular flexibility index (Phi) is 5.70. The minimum Gasteiger partial charge on any atom is -0.463 e. The number of ether oxygens (including phenoxy) is 3. The van der Waals surface area contributed by atoms with Gasteiger partial charge in [-0.25, -0.2) is 4.79 Å². The fourth-order valence-corrected chi connectivity index (χ4v) is 3.69. The molecule has 0 aliphatic carbocycles. The van der Waals surface area contributed by atoms with Gasteiger partial charge in [-0.3, -0.25) is 4.79 Å². The highest BCUT2D eigenvalue weighted by Crippen LogP contribution is 2.43. The number of Topliss-reactive ketones (excluding diaryl/α,β-unsaturated/α-hetero) is 1. The second-order valence-corrected chi connectivity index (χ2v) is 8.32. The van der Waals surface area contributed by atoms with Gasteiger partial charge in [-0.15, -0.1) is 0 Å². The van der Waals surface area contributed by atoms with Crippen LogP contribution in [0.5, 0.6) is 0 Å². The Balaban J connectivity index is 1.81. The zero-order chi connectivity index (χ0) is 19.6. The van der Waals surface area contributed by atoms with Crippen LogP contribution in [0.15, 0.2) is 42.2 Å². The average molecular weight is 372 g/mol. The van der Waals surface area contributed by atoms with Crippen molar-refractivity contribution in [3.63, 3.8) is 0 Å². The number of esters is 1. The molecule has 5 nitrogen and oxygen atoms in total. The minimum atomic E-state index is -0.555. The Labute approximate surface area is 160 Å². The Morgan fingerprint density at radius 3 is 2.48 bits per heavy atom. The van der Waals surface area contributed by atoms with Crippen LogP contribution in [0.4, 0.5) is 0 Å². The predicted molar refractivity (Wildman–Crippen MR) is 101 cm³/mol. The van der Waals surface area contributed by atoms with Gasteiger partial charge in [0.05, 0.1) is 13.2 Å². The highest BCUT2D eigenvalue weighted by molar-refractivity contribution is 5.86. The largest absolute Gasteiger partial charge is 0.463 e. The van der Waals surface area contributed by atoms with Crippen molar-refractivity contribution in [1.29, 1.82) is 0 Å². The molecule has 3 rings (SSSR count). The first-order chi connectivity index (χ1) is 12.8. The number of fused-ring (bicyclic) bond motifs is 1. The lowest BCUT2D eigenvalue weighted by atomic mass is 9.78. The van der Waals surface area contributed by atoms with E-state index in [1.165, 1.54) is 7.11 Å². The third kappa shape index (κ3) is 4.41. The number of ketones is 1. The maximum absolute atomic E-state index is 12.4. The summed E-state index contributed by atoms with van der Waals surface area (Å²) in [6.45, 7) is 5.75. The van der Waals surface area contributed by atoms with Crippen LogP contribution < -0.4 is 0 Å². The monoisotopic (exact) mass is 372 g/mol. The summed E-state index contributed by atoms with van der Waals surface area (Å²) in [6.07, 6.45) is 3.14. The average Bonchev–Trinajstić information content (AvgIpc) is 2.66. The molecule has 1 aromatic carbocycles. The molecule has 0 saturated carbocycles. The SMILES string of the molecule is COC(=O)C1=C[C@H](c2ccccc2)[C@H]2CC[C@H](CC(=O)C(C)(C)C)O[C@H]2O1. The standard InChI is InChI=1S/C22H28O5/c1-22(2,3)19(23)12-15-10-11-16-17(14-8-6-5-7-9-14)13-18(20(24)25-4)27-21(16)26-15/h5-9,13,15-17,21H,10-12H2,1-4H3/t15-,16-,17-,21+/m1/s1. The number of methoxy groups -OCH3 is 1. The zero-order valence-electron chi connectivity index (χ0n) is 16.4. The molecular formula is C22H28O5. The number of carbonyl (C=O) groups is 2. The third-order valence-corrected chi connectivity index (χ3v) is 5.35. The van der Waals surface area contributed by atoms with E-state index in [9.17, 15) is 9.59 Å². The predicted octanol–water partition coefficient (Wildman–Crippen LogP) is 3.98. The van der Waals surface area contributed by atoms with E-state index in [4.69, 9.17) is 14.2 Å². The molecule has 2 heterocycles. The number of carbonyl (C=O) groups excluding carboxylic acids is 2. The van der Waals surface area contributed by atoms with Crippen molar-refractivity contribution in [2.24, 2.45) is 11.3 Å². The van der Waals surface area contributed by atoms with Crippen molar-refractivity contribution in [3.8, 4) is 0 Å². The molecule has 0 amide bonds. The van der Waals surface area contributed by atoms with Gasteiger partial charge in [0, 0.05) is 23.7 Å². The molecule has 2 aliphatic heterocycles. The van der Waals surface area contributed by atoms with E-state index >= 15 is 0 Å². The first-order valence-corrected chi connectivity index (χ1v) is 9.50. The van der Waals surface area contributed by atoms with Crippen molar-refractivity contribution in [2.75, 3.05) is 7.11 Å². The maximum atomic E-state index is 12.4. The Morgan fingerprint density at radius 2 is 1.85 bits per heavy atom. The molecule has 0 N–H and O–H groups in total. The maximum Gasteiger partial charge on any atom is 0.373 e. The summed E-state index contributed by atoms with van der Waals surface area (Å²) in [6, 6.07) is 10.0. The molecule has 1 fully saturated rings. The summed E-state index contributed by atoms with van der Waals surface area (Å²) < 4.78 is 16.8. The van der Waals surface area contributed by atoms with E-state index in [2.05, 4.69) is 0 Å². The van der Waals surface area contributed by atoms with Gasteiger partial charge < -0.3 is 14.2 Å². The first-order valence-electron chi connectivity index (χ1n) is 9.50. The van der Waals surface area contributed by atoms with Crippen LogP contribution in [0, 0.1) is 11.3 Å². The van der Waals surface area contributed by atoms with Crippen LogP contribution >= 0.6 is 0 Å². The Bertz CT molecular complexity index is 716. The highest BCUT2D eigenvalue weighted by Gasteiger charge is 2.43. The third-order valence-electron chi connectivity index (χ3n) is 5.35. The topological polar surface area (TPSA) is 61.8 Å². The van der Waals surface area contributed by atoms with E-state index in [-0.39, 0.29) is 29.5 Å². The summed E-state index contributed by atoms with van der Waals surface area (Å²) in [5.41, 5.74) is 0.724. The number of benzene rings is 1. The molecular weight excluding hydrogens is 344 g/mol. The van der Waals surface area contributed by atoms with Gasteiger partial charge in [0.1, 0.15) is 5.78 Å². The van der Waals surface area contributed by atoms with Crippen LogP contribution in [-0.4, -0.2) is 31.3 Å². The number of rotatable bonds is 4. The lowest BCUT2D eigenvalue weighted by Gasteiger charge is -2.42. The second kappa shape index (κ2) is 7.85. The van der Waals surface area contributed by atoms with Crippen LogP contribution in [-0.2, 0) is 23.8 Å². The Hall–Kier alpha value is -2.14. The smallest absolute Gasteiger partial charge is 0.373 e. The van der Waals surface area contributed by atoms with Crippen LogP contribution in [0.3, 0.4) is 0 Å². The van der Waals surface area contributed by atoms with Gasteiger partial charge in [-0.05, 0) is 24.5 Å². The van der Waals surface area contributed by atoms with Gasteiger partial charge >= 0.3 is 5.97 Å². The van der Waals surface area contributed by atoms with Gasteiger partial charge in [0.15, 0.2) is 0 Å². The van der Waals surface area contributed by atoms with E-state index in [0.717, 1.165) is 18.4 Å². The van der Waals surface area contributed by atoms with E-state index in [1.807, 2.05) is 57.2 Å². The summed E-state index contributed by atoms with van der Waals surface area (Å²) in [5.74, 6) is -0.0495. The summed E-state index contributed by atoms with van der Waals surface area (Å²) in [5, 5.41) is 0. The molecule has 0 radical (unpaired) electrons. The molecule has 1 saturated heterocycles. The van der Waals surface area contributed by atoms with Crippen molar-refractivity contribution >= 4 is 11.8 Å². The number of allylic oxidation sites excluding steroid dienone is 1. The quantitative estimate of drug-likeness (QED) is 0.748. The highest BCUT2D eigenvalue weighted by atomic mass is 16.7. The molecule has 5 heteroatoms. The molecule has 0 bridgehead atoms. The lowest BCUT2D eigenvalue weighted by molar-refractivity contribution is -0.218. The molecule has 0 unspecified atom stereocenters. The van der Waals surface area contributed by atoms with Gasteiger partial charge in [0.25, 0.3) is 0 Å². The van der Waals surface area contributed by atoms with Gasteiger partial charge in [-0.1, -0.05) is 51.1 Å². The van der Waals surface area contributed by atoms with Crippen LogP contribution in [0.25, 0.3) is 0 Å². The molecule has 146 valence electrons. The minimum absolute atomic E-state index is 0.0123. The fourth-order valence-electron chi connectivity index (χ4n) is 3.69. The molecule has 27 heavy (non-hydrogen) atoms. The van der Waals surface area contributed by atoms with Crippen molar-refractivity contribution < 1.29 is 23.8 Å². The van der Waals surface area contributed by atoms with E-state index in [1.54, 1.807) is 0 Å². The summed E-state index contributed by atoms with van der Waals surface area (Å²) >= 11 is 0. The normalized spacial score (nSPS) is 27.8. The summed E-state index contributed by atoms with van der Waals surface area (Å²) in [4.78, 5) is 24.5. The fraction of sp³-hybridized carbons (Fsp3) is 0.545. The number of hydrogen-bond donors (Lipinski definition) is 0. The summed E-state index contributed by atoms with van der Waals surface area (Å²) in [7, 11) is 1.34. The number of hydrogen-bond acceptors (Lipinski definition) is 5. The van der Waals surface area contributed by atoms with E-state index in [0.29, 0.717) is 6.42 Å². The molecule has 0 aromatic heterocycles. The van der Waals surface area contributed by atoms with E-state index < -0.39 is 17.7 Å². The van der Waals surface area contributed by atoms with Crippen molar-refractivity contribution in [2.45, 2.75) is 58.3 Å². The molecule has 4 atom stereocenters. The van der Waals surface area contributed by atoms with Gasteiger partial charge in [0.2, 0.25) is 12.0 Å². The van der Waals surface area contributed by atoms with Crippen molar-refractivity contribution in [3.05, 3.63) is 47.7 Å². The lowest BCUT2D eigenvalue weighted by Crippen LogP contribution is -2.43. The van der Waals surface area contributed by atoms with Crippen LogP contribution in [0.1, 0.15) is 51.5 Å². The van der Waals surface area contributed by atoms with Gasteiger partial charge in [-0.2, -0.15) is 0 Å². The Morgan fingerprint density at radius 1 is 1.15 bits per heavy atom. The molecule has 2 aliphatic rings. The van der Waals surface area contributed by atoms with Crippen LogP contribution in [0.2, 0.25) is 0 Å². The molecule has 1 aromatic rings. The zero-order valence-corrected chi connectivity index (χ0v) is 16.4. The first kappa shape index (κ1) is 19.6.